The molecule has 0 heterocycles. The molecule has 4 N–H and O–H groups in total. The molecule has 4 heteroatoms. The van der Waals surface area contributed by atoms with Gasteiger partial charge in [0.15, 0.2) is 0 Å². The first-order valence-corrected chi connectivity index (χ1v) is 4.46. The molecule has 0 aliphatic carbocycles. The molecule has 0 aromatic heterocycles. The van der Waals surface area contributed by atoms with E-state index in [1.807, 2.05) is 0 Å². The molecule has 78 valence electrons. The average Bonchev–Trinajstić information content (AvgIpc) is 2.19. The summed E-state index contributed by atoms with van der Waals surface area (Å²) in [6.07, 6.45) is 0.479. The van der Waals surface area contributed by atoms with E-state index in [-0.39, 0.29) is 24.1 Å². The van der Waals surface area contributed by atoms with Crippen LogP contribution in [0, 0.1) is 0 Å². The second-order valence-corrected chi connectivity index (χ2v) is 3.19. The number of hydrogen-bond donors (Lipinski definition) is 4. The fraction of sp³-hybridized carbons (Fsp3) is 0.400. The van der Waals surface area contributed by atoms with Crippen LogP contribution in [0.2, 0.25) is 0 Å². The Hall–Kier alpha value is -1.26. The minimum absolute atomic E-state index is 0.00834. The van der Waals surface area contributed by atoms with Crippen LogP contribution in [0.15, 0.2) is 18.2 Å². The van der Waals surface area contributed by atoms with Gasteiger partial charge in [-0.05, 0) is 37.2 Å². The van der Waals surface area contributed by atoms with Gasteiger partial charge in [-0.3, -0.25) is 0 Å². The maximum absolute atomic E-state index is 9.45. The summed E-state index contributed by atoms with van der Waals surface area (Å²) in [7, 11) is 1.74. The van der Waals surface area contributed by atoms with Crippen molar-refractivity contribution in [2.75, 3.05) is 13.7 Å². The van der Waals surface area contributed by atoms with Crippen molar-refractivity contribution >= 4 is 0 Å². The van der Waals surface area contributed by atoms with E-state index < -0.39 is 0 Å². The van der Waals surface area contributed by atoms with Crippen LogP contribution < -0.4 is 5.32 Å². The fourth-order valence-corrected chi connectivity index (χ4v) is 1.26. The predicted octanol–water partition coefficient (Wildman–Crippen LogP) is 0.221. The van der Waals surface area contributed by atoms with E-state index in [0.29, 0.717) is 12.0 Å². The van der Waals surface area contributed by atoms with Crippen LogP contribution in [0.4, 0.5) is 0 Å². The van der Waals surface area contributed by atoms with Gasteiger partial charge >= 0.3 is 0 Å². The van der Waals surface area contributed by atoms with Gasteiger partial charge in [0, 0.05) is 6.04 Å². The number of likely N-dealkylation sites (N-methyl/N-ethyl adjacent to an activating group) is 1. The quantitative estimate of drug-likeness (QED) is 0.521. The van der Waals surface area contributed by atoms with Crippen molar-refractivity contribution in [2.45, 2.75) is 12.5 Å². The average molecular weight is 197 g/mol. The summed E-state index contributed by atoms with van der Waals surface area (Å²) < 4.78 is 0. The topological polar surface area (TPSA) is 72.7 Å². The maximum Gasteiger partial charge on any atom is 0.119 e. The molecule has 1 rings (SSSR count). The van der Waals surface area contributed by atoms with Gasteiger partial charge < -0.3 is 20.6 Å². The van der Waals surface area contributed by atoms with Crippen molar-refractivity contribution in [1.82, 2.24) is 5.32 Å². The Morgan fingerprint density at radius 1 is 1.36 bits per heavy atom. The first-order valence-electron chi connectivity index (χ1n) is 4.46. The van der Waals surface area contributed by atoms with Crippen LogP contribution >= 0.6 is 0 Å². The van der Waals surface area contributed by atoms with Crippen LogP contribution in [0.1, 0.15) is 5.56 Å². The number of nitrogens with one attached hydrogen (secondary N) is 1. The van der Waals surface area contributed by atoms with Gasteiger partial charge in [-0.25, -0.2) is 0 Å². The minimum Gasteiger partial charge on any atom is -0.508 e. The zero-order valence-corrected chi connectivity index (χ0v) is 8.07. The summed E-state index contributed by atoms with van der Waals surface area (Å²) in [4.78, 5) is 0. The SMILES string of the molecule is CNC(CO)Cc1cc(O)ccc1O. The highest BCUT2D eigenvalue weighted by Crippen LogP contribution is 2.23. The van der Waals surface area contributed by atoms with Crippen molar-refractivity contribution in [2.24, 2.45) is 0 Å². The molecule has 1 atom stereocenters. The third-order valence-corrected chi connectivity index (χ3v) is 2.16. The Morgan fingerprint density at radius 2 is 2.07 bits per heavy atom. The van der Waals surface area contributed by atoms with Crippen molar-refractivity contribution in [3.63, 3.8) is 0 Å². The number of phenolic OH excluding ortho intramolecular Hbond substituents is 2. The lowest BCUT2D eigenvalue weighted by Crippen LogP contribution is -2.31. The second-order valence-electron chi connectivity index (χ2n) is 3.19. The van der Waals surface area contributed by atoms with Crippen molar-refractivity contribution in [3.8, 4) is 11.5 Å². The smallest absolute Gasteiger partial charge is 0.119 e. The maximum atomic E-state index is 9.45. The Balaban J connectivity index is 2.79. The molecule has 0 bridgehead atoms. The second kappa shape index (κ2) is 4.83. The number of aliphatic hydroxyl groups excluding tert-OH is 1. The van der Waals surface area contributed by atoms with Gasteiger partial charge in [0.1, 0.15) is 11.5 Å². The molecular weight excluding hydrogens is 182 g/mol. The third kappa shape index (κ3) is 2.61. The summed E-state index contributed by atoms with van der Waals surface area (Å²) in [6.45, 7) is -0.00834. The van der Waals surface area contributed by atoms with Crippen LogP contribution in [0.25, 0.3) is 0 Å². The van der Waals surface area contributed by atoms with Gasteiger partial charge in [-0.15, -0.1) is 0 Å². The van der Waals surface area contributed by atoms with E-state index in [0.717, 1.165) is 0 Å². The lowest BCUT2D eigenvalue weighted by atomic mass is 10.1. The van der Waals surface area contributed by atoms with E-state index in [1.165, 1.54) is 18.2 Å². The van der Waals surface area contributed by atoms with Gasteiger partial charge in [-0.2, -0.15) is 0 Å². The number of hydrogen-bond acceptors (Lipinski definition) is 4. The molecule has 0 aliphatic rings. The summed E-state index contributed by atoms with van der Waals surface area (Å²) in [5.41, 5.74) is 0.624. The Morgan fingerprint density at radius 3 is 2.64 bits per heavy atom. The van der Waals surface area contributed by atoms with Gasteiger partial charge in [0.05, 0.1) is 6.61 Å². The Labute approximate surface area is 82.8 Å². The van der Waals surface area contributed by atoms with E-state index in [4.69, 9.17) is 5.11 Å². The molecular formula is C10H15NO3. The molecule has 4 nitrogen and oxygen atoms in total. The number of aliphatic hydroxyl groups is 1. The highest BCUT2D eigenvalue weighted by Gasteiger charge is 2.09. The van der Waals surface area contributed by atoms with E-state index >= 15 is 0 Å². The van der Waals surface area contributed by atoms with Gasteiger partial charge in [0.25, 0.3) is 0 Å². The standard InChI is InChI=1S/C10H15NO3/c1-11-8(6-12)4-7-5-9(13)2-3-10(7)14/h2-3,5,8,11-14H,4,6H2,1H3. The number of benzene rings is 1. The molecule has 14 heavy (non-hydrogen) atoms. The summed E-state index contributed by atoms with van der Waals surface area (Å²) >= 11 is 0. The Bertz CT molecular complexity index is 297. The molecule has 0 spiro atoms. The first kappa shape index (κ1) is 10.8. The zero-order chi connectivity index (χ0) is 10.6. The van der Waals surface area contributed by atoms with Crippen LogP contribution in [0.3, 0.4) is 0 Å². The largest absolute Gasteiger partial charge is 0.508 e. The van der Waals surface area contributed by atoms with E-state index in [9.17, 15) is 10.2 Å². The fourth-order valence-electron chi connectivity index (χ4n) is 1.26. The first-order chi connectivity index (χ1) is 6.67. The predicted molar refractivity (Wildman–Crippen MR) is 53.4 cm³/mol. The van der Waals surface area contributed by atoms with Crippen molar-refractivity contribution < 1.29 is 15.3 Å². The highest BCUT2D eigenvalue weighted by atomic mass is 16.3. The molecule has 0 radical (unpaired) electrons. The highest BCUT2D eigenvalue weighted by molar-refractivity contribution is 5.39. The van der Waals surface area contributed by atoms with Crippen LogP contribution in [-0.4, -0.2) is 35.0 Å². The summed E-state index contributed by atoms with van der Waals surface area (Å²) in [6, 6.07) is 4.25. The third-order valence-electron chi connectivity index (χ3n) is 2.16. The normalized spacial score (nSPS) is 12.7. The van der Waals surface area contributed by atoms with Crippen molar-refractivity contribution in [1.29, 1.82) is 0 Å². The molecule has 0 saturated carbocycles. The molecule has 0 fully saturated rings. The van der Waals surface area contributed by atoms with E-state index in [1.54, 1.807) is 7.05 Å². The lowest BCUT2D eigenvalue weighted by Gasteiger charge is -2.13. The summed E-state index contributed by atoms with van der Waals surface area (Å²) in [5, 5.41) is 30.5. The van der Waals surface area contributed by atoms with Gasteiger partial charge in [0.2, 0.25) is 0 Å². The molecule has 1 aromatic carbocycles. The molecule has 1 aromatic rings. The molecule has 0 saturated heterocycles. The monoisotopic (exact) mass is 197 g/mol. The minimum atomic E-state index is -0.109. The van der Waals surface area contributed by atoms with Crippen LogP contribution in [-0.2, 0) is 6.42 Å². The number of rotatable bonds is 4. The Kier molecular flexibility index (Phi) is 3.73. The number of phenols is 2. The lowest BCUT2D eigenvalue weighted by molar-refractivity contribution is 0.247. The zero-order valence-electron chi connectivity index (χ0n) is 8.07. The number of aromatic hydroxyl groups is 2. The summed E-state index contributed by atoms with van der Waals surface area (Å²) in [5.74, 6) is 0.252. The molecule has 1 unspecified atom stereocenters. The molecule has 0 aliphatic heterocycles. The van der Waals surface area contributed by atoms with Crippen molar-refractivity contribution in [3.05, 3.63) is 23.8 Å². The molecule has 0 amide bonds. The van der Waals surface area contributed by atoms with Crippen LogP contribution in [0.5, 0.6) is 11.5 Å². The van der Waals surface area contributed by atoms with Gasteiger partial charge in [-0.1, -0.05) is 0 Å². The van der Waals surface area contributed by atoms with E-state index in [2.05, 4.69) is 5.32 Å².